The molecule has 1 N–H and O–H groups in total. The first-order valence-electron chi connectivity index (χ1n) is 4.01. The third-order valence-corrected chi connectivity index (χ3v) is 1.82. The van der Waals surface area contributed by atoms with E-state index in [1.807, 2.05) is 6.07 Å². The van der Waals surface area contributed by atoms with Crippen molar-refractivity contribution >= 4 is 12.2 Å². The molecule has 13 heavy (non-hydrogen) atoms. The van der Waals surface area contributed by atoms with Gasteiger partial charge in [-0.2, -0.15) is 0 Å². The van der Waals surface area contributed by atoms with Crippen LogP contribution in [0.15, 0.2) is 30.3 Å². The van der Waals surface area contributed by atoms with Crippen molar-refractivity contribution in [1.29, 1.82) is 0 Å². The van der Waals surface area contributed by atoms with Crippen molar-refractivity contribution in [1.82, 2.24) is 5.32 Å². The first-order chi connectivity index (χ1) is 6.29. The number of hydrogen-bond acceptors (Lipinski definition) is 2. The fraction of sp³-hybridized carbons (Fsp3) is 0.200. The maximum atomic E-state index is 11.2. The molecule has 0 aliphatic rings. The van der Waals surface area contributed by atoms with Crippen LogP contribution in [-0.2, 0) is 9.59 Å². The summed E-state index contributed by atoms with van der Waals surface area (Å²) in [6, 6.07) is 8.96. The van der Waals surface area contributed by atoms with E-state index in [0.717, 1.165) is 5.56 Å². The SMILES string of the molecule is CNC(=O)C(C=O)c1ccccc1. The van der Waals surface area contributed by atoms with E-state index in [1.165, 1.54) is 7.05 Å². The summed E-state index contributed by atoms with van der Waals surface area (Å²) in [5.74, 6) is -0.965. The third kappa shape index (κ3) is 2.15. The molecule has 0 saturated carbocycles. The normalized spacial score (nSPS) is 11.8. The first-order valence-corrected chi connectivity index (χ1v) is 4.01. The second-order valence-electron chi connectivity index (χ2n) is 2.64. The predicted octanol–water partition coefficient (Wildman–Crippen LogP) is 0.715. The molecular weight excluding hydrogens is 166 g/mol. The molecule has 1 atom stereocenters. The van der Waals surface area contributed by atoms with E-state index < -0.39 is 5.92 Å². The van der Waals surface area contributed by atoms with Gasteiger partial charge < -0.3 is 10.1 Å². The van der Waals surface area contributed by atoms with Crippen LogP contribution < -0.4 is 5.32 Å². The summed E-state index contributed by atoms with van der Waals surface area (Å²) < 4.78 is 0. The Hall–Kier alpha value is -1.64. The zero-order valence-corrected chi connectivity index (χ0v) is 7.36. The zero-order valence-electron chi connectivity index (χ0n) is 7.36. The lowest BCUT2D eigenvalue weighted by molar-refractivity contribution is -0.125. The molecule has 0 bridgehead atoms. The lowest BCUT2D eigenvalue weighted by atomic mass is 10.0. The number of hydrogen-bond donors (Lipinski definition) is 1. The summed E-state index contributed by atoms with van der Waals surface area (Å²) in [6.45, 7) is 0. The van der Waals surface area contributed by atoms with Crippen molar-refractivity contribution in [3.05, 3.63) is 35.9 Å². The maximum Gasteiger partial charge on any atom is 0.234 e. The van der Waals surface area contributed by atoms with Gasteiger partial charge in [-0.3, -0.25) is 4.79 Å². The first kappa shape index (κ1) is 9.45. The minimum atomic E-state index is -0.689. The van der Waals surface area contributed by atoms with Crippen LogP contribution in [0.4, 0.5) is 0 Å². The molecule has 0 aromatic heterocycles. The van der Waals surface area contributed by atoms with E-state index >= 15 is 0 Å². The summed E-state index contributed by atoms with van der Waals surface area (Å²) in [5.41, 5.74) is 0.719. The number of likely N-dealkylation sites (N-methyl/N-ethyl adjacent to an activating group) is 1. The molecule has 68 valence electrons. The van der Waals surface area contributed by atoms with Gasteiger partial charge in [0.25, 0.3) is 0 Å². The van der Waals surface area contributed by atoms with Crippen LogP contribution in [0.1, 0.15) is 11.5 Å². The van der Waals surface area contributed by atoms with Crippen LogP contribution in [0.2, 0.25) is 0 Å². The van der Waals surface area contributed by atoms with Crippen LogP contribution in [0.5, 0.6) is 0 Å². The molecule has 0 saturated heterocycles. The van der Waals surface area contributed by atoms with E-state index in [4.69, 9.17) is 0 Å². The molecule has 0 aliphatic heterocycles. The quantitative estimate of drug-likeness (QED) is 0.546. The molecule has 1 aromatic carbocycles. The monoisotopic (exact) mass is 177 g/mol. The Morgan fingerprint density at radius 2 is 2.00 bits per heavy atom. The largest absolute Gasteiger partial charge is 0.358 e. The highest BCUT2D eigenvalue weighted by Crippen LogP contribution is 2.12. The van der Waals surface area contributed by atoms with Gasteiger partial charge in [0.05, 0.1) is 0 Å². The lowest BCUT2D eigenvalue weighted by Crippen LogP contribution is -2.26. The van der Waals surface area contributed by atoms with E-state index in [2.05, 4.69) is 5.32 Å². The van der Waals surface area contributed by atoms with Gasteiger partial charge in [-0.15, -0.1) is 0 Å². The van der Waals surface area contributed by atoms with E-state index in [9.17, 15) is 9.59 Å². The molecular formula is C10H11NO2. The molecule has 3 heteroatoms. The molecule has 1 aromatic rings. The molecule has 0 fully saturated rings. The number of carbonyl (C=O) groups is 2. The smallest absolute Gasteiger partial charge is 0.234 e. The van der Waals surface area contributed by atoms with Crippen LogP contribution in [0, 0.1) is 0 Å². The molecule has 1 unspecified atom stereocenters. The minimum absolute atomic E-state index is 0.277. The molecule has 0 aliphatic carbocycles. The van der Waals surface area contributed by atoms with Crippen molar-refractivity contribution in [3.8, 4) is 0 Å². The predicted molar refractivity (Wildman–Crippen MR) is 49.3 cm³/mol. The Balaban J connectivity index is 2.91. The summed E-state index contributed by atoms with van der Waals surface area (Å²) in [5, 5.41) is 2.44. The zero-order chi connectivity index (χ0) is 9.68. The maximum absolute atomic E-state index is 11.2. The Bertz CT molecular complexity index is 295. The van der Waals surface area contributed by atoms with Crippen LogP contribution in [0.3, 0.4) is 0 Å². The molecule has 0 radical (unpaired) electrons. The van der Waals surface area contributed by atoms with Gasteiger partial charge in [0.1, 0.15) is 12.2 Å². The van der Waals surface area contributed by atoms with Gasteiger partial charge in [-0.05, 0) is 5.56 Å². The number of amides is 1. The van der Waals surface area contributed by atoms with Crippen molar-refractivity contribution in [2.24, 2.45) is 0 Å². The summed E-state index contributed by atoms with van der Waals surface area (Å²) >= 11 is 0. The Kier molecular flexibility index (Phi) is 3.20. The topological polar surface area (TPSA) is 46.2 Å². The van der Waals surface area contributed by atoms with Gasteiger partial charge in [0.15, 0.2) is 0 Å². The van der Waals surface area contributed by atoms with Crippen molar-refractivity contribution in [2.45, 2.75) is 5.92 Å². The van der Waals surface area contributed by atoms with Gasteiger partial charge in [-0.25, -0.2) is 0 Å². The van der Waals surface area contributed by atoms with Gasteiger partial charge in [0, 0.05) is 7.05 Å². The van der Waals surface area contributed by atoms with E-state index in [-0.39, 0.29) is 5.91 Å². The Labute approximate surface area is 76.8 Å². The number of rotatable bonds is 3. The highest BCUT2D eigenvalue weighted by Gasteiger charge is 2.17. The van der Waals surface area contributed by atoms with Crippen LogP contribution in [0.25, 0.3) is 0 Å². The third-order valence-electron chi connectivity index (χ3n) is 1.82. The number of nitrogens with one attached hydrogen (secondary N) is 1. The fourth-order valence-corrected chi connectivity index (χ4v) is 1.11. The average molecular weight is 177 g/mol. The molecule has 1 rings (SSSR count). The Morgan fingerprint density at radius 1 is 1.38 bits per heavy atom. The van der Waals surface area contributed by atoms with Crippen molar-refractivity contribution in [2.75, 3.05) is 7.05 Å². The fourth-order valence-electron chi connectivity index (χ4n) is 1.11. The molecule has 0 heterocycles. The highest BCUT2D eigenvalue weighted by atomic mass is 16.2. The van der Waals surface area contributed by atoms with Crippen LogP contribution >= 0.6 is 0 Å². The van der Waals surface area contributed by atoms with Crippen LogP contribution in [-0.4, -0.2) is 19.2 Å². The number of carbonyl (C=O) groups excluding carboxylic acids is 2. The highest BCUT2D eigenvalue weighted by molar-refractivity contribution is 5.97. The number of benzene rings is 1. The average Bonchev–Trinajstić information content (AvgIpc) is 2.20. The summed E-state index contributed by atoms with van der Waals surface area (Å²) in [6.07, 6.45) is 0.647. The van der Waals surface area contributed by atoms with Gasteiger partial charge in [0.2, 0.25) is 5.91 Å². The van der Waals surface area contributed by atoms with Crippen molar-refractivity contribution < 1.29 is 9.59 Å². The lowest BCUT2D eigenvalue weighted by Gasteiger charge is -2.07. The Morgan fingerprint density at radius 3 is 2.46 bits per heavy atom. The van der Waals surface area contributed by atoms with Gasteiger partial charge >= 0.3 is 0 Å². The number of aldehydes is 1. The summed E-state index contributed by atoms with van der Waals surface area (Å²) in [4.78, 5) is 21.8. The standard InChI is InChI=1S/C10H11NO2/c1-11-10(13)9(7-12)8-5-3-2-4-6-8/h2-7,9H,1H3,(H,11,13). The van der Waals surface area contributed by atoms with E-state index in [0.29, 0.717) is 6.29 Å². The molecule has 3 nitrogen and oxygen atoms in total. The second kappa shape index (κ2) is 4.40. The van der Waals surface area contributed by atoms with Gasteiger partial charge in [-0.1, -0.05) is 30.3 Å². The van der Waals surface area contributed by atoms with E-state index in [1.54, 1.807) is 24.3 Å². The summed E-state index contributed by atoms with van der Waals surface area (Å²) in [7, 11) is 1.52. The molecule has 0 spiro atoms. The molecule has 1 amide bonds. The second-order valence-corrected chi connectivity index (χ2v) is 2.64. The van der Waals surface area contributed by atoms with Crippen molar-refractivity contribution in [3.63, 3.8) is 0 Å². The minimum Gasteiger partial charge on any atom is -0.358 e.